The van der Waals surface area contributed by atoms with Gasteiger partial charge in [-0.3, -0.25) is 0 Å². The van der Waals surface area contributed by atoms with Crippen molar-refractivity contribution in [1.82, 2.24) is 0 Å². The highest BCUT2D eigenvalue weighted by atomic mass is 16.7. The Morgan fingerprint density at radius 3 is 2.49 bits per heavy atom. The number of aliphatic hydroxyl groups is 4. The van der Waals surface area contributed by atoms with E-state index in [4.69, 9.17) is 33.2 Å². The highest BCUT2D eigenvalue weighted by molar-refractivity contribution is 5.76. The summed E-state index contributed by atoms with van der Waals surface area (Å²) < 4.78 is 45.2. The lowest BCUT2D eigenvalue weighted by Crippen LogP contribution is -2.60. The predicted octanol–water partition coefficient (Wildman–Crippen LogP) is 5.21. The molecule has 0 amide bonds. The average molecular weight is 805 g/mol. The van der Waals surface area contributed by atoms with E-state index in [2.05, 4.69) is 26.5 Å². The van der Waals surface area contributed by atoms with Crippen LogP contribution in [0.1, 0.15) is 125 Å². The minimum Gasteiger partial charge on any atom is -0.479 e. The quantitative estimate of drug-likeness (QED) is 0.182. The van der Waals surface area contributed by atoms with E-state index in [1.54, 1.807) is 6.08 Å². The van der Waals surface area contributed by atoms with Crippen LogP contribution in [0.5, 0.6) is 0 Å². The van der Waals surface area contributed by atoms with Crippen molar-refractivity contribution in [2.75, 3.05) is 6.61 Å². The molecule has 322 valence electrons. The fourth-order valence-electron chi connectivity index (χ4n) is 10.5. The summed E-state index contributed by atoms with van der Waals surface area (Å²) in [5, 5.41) is 54.0. The Labute approximate surface area is 337 Å². The molecule has 0 bridgehead atoms. The molecule has 0 aromatic carbocycles. The number of carbonyl (C=O) groups is 1. The zero-order valence-corrected chi connectivity index (χ0v) is 34.6. The molecule has 0 aromatic rings. The molecule has 7 aliphatic heterocycles. The summed E-state index contributed by atoms with van der Waals surface area (Å²) in [5.41, 5.74) is -0.551. The molecular formula is C44H68O13. The first-order chi connectivity index (χ1) is 26.9. The van der Waals surface area contributed by atoms with Crippen molar-refractivity contribution in [2.24, 2.45) is 17.8 Å². The van der Waals surface area contributed by atoms with Crippen LogP contribution in [0.15, 0.2) is 36.0 Å². The molecule has 7 rings (SSSR count). The number of rotatable bonds is 10. The van der Waals surface area contributed by atoms with Crippen molar-refractivity contribution in [3.8, 4) is 0 Å². The van der Waals surface area contributed by atoms with Crippen LogP contribution in [0.3, 0.4) is 0 Å². The summed E-state index contributed by atoms with van der Waals surface area (Å²) in [7, 11) is 0. The molecule has 7 heterocycles. The van der Waals surface area contributed by atoms with Gasteiger partial charge in [0.2, 0.25) is 5.79 Å². The van der Waals surface area contributed by atoms with Gasteiger partial charge in [-0.2, -0.15) is 0 Å². The van der Waals surface area contributed by atoms with Crippen molar-refractivity contribution < 1.29 is 63.5 Å². The van der Waals surface area contributed by atoms with Gasteiger partial charge in [0, 0.05) is 38.0 Å². The normalized spacial score (nSPS) is 45.4. The van der Waals surface area contributed by atoms with Crippen molar-refractivity contribution in [2.45, 2.75) is 209 Å². The summed E-state index contributed by atoms with van der Waals surface area (Å²) >= 11 is 0. The minimum atomic E-state index is -1.96. The molecule has 3 spiro atoms. The second-order valence-electron chi connectivity index (χ2n) is 18.9. The number of fused-ring (bicyclic) bond motifs is 1. The van der Waals surface area contributed by atoms with Crippen LogP contribution >= 0.6 is 0 Å². The smallest absolute Gasteiger partial charge is 0.335 e. The second kappa shape index (κ2) is 17.0. The van der Waals surface area contributed by atoms with E-state index < -0.39 is 71.7 Å². The van der Waals surface area contributed by atoms with Gasteiger partial charge < -0.3 is 58.7 Å². The van der Waals surface area contributed by atoms with E-state index in [0.29, 0.717) is 56.4 Å². The van der Waals surface area contributed by atoms with Crippen LogP contribution in [0.2, 0.25) is 0 Å². The average Bonchev–Trinajstić information content (AvgIpc) is 3.56. The third-order valence-corrected chi connectivity index (χ3v) is 14.0. The van der Waals surface area contributed by atoms with E-state index in [1.807, 2.05) is 19.9 Å². The summed E-state index contributed by atoms with van der Waals surface area (Å²) in [5.74, 6) is -3.82. The molecule has 17 atom stereocenters. The third-order valence-electron chi connectivity index (χ3n) is 14.0. The number of carboxylic acids is 1. The first kappa shape index (κ1) is 43.3. The molecule has 6 fully saturated rings. The van der Waals surface area contributed by atoms with E-state index in [9.17, 15) is 30.3 Å². The molecule has 57 heavy (non-hydrogen) atoms. The summed E-state index contributed by atoms with van der Waals surface area (Å²) in [6.45, 7) is 14.5. The van der Waals surface area contributed by atoms with Crippen molar-refractivity contribution in [1.29, 1.82) is 0 Å². The highest BCUT2D eigenvalue weighted by Crippen LogP contribution is 2.47. The van der Waals surface area contributed by atoms with Gasteiger partial charge in [0.05, 0.1) is 43.2 Å². The standard InChI is InChI=1S/C44H68O13/c1-25-21-34(55-44(23-25)35(46)12-11-31(54-44)24-41(6,50)40(48)49)26(2)9-10-30-14-18-43(53-30)19-15-33-39(57-43)36(47)29(5)38(52-33)32(45)22-28(4)37-27(3)13-17-42(56-37)16-7-8-20-51-42/h9-10,23,26-28,30-39,45-47,50H,5,7-8,11-22,24H2,1-4,6H3,(H,48,49)/b10-9+/t26-,27-,28+,30+,31+,32+,33-,34+,35-,36-,37-,38+,39-,41-,42+,43-,44-/m1/s1. The lowest BCUT2D eigenvalue weighted by Gasteiger charge is -2.50. The number of ether oxygens (including phenoxy) is 7. The lowest BCUT2D eigenvalue weighted by molar-refractivity contribution is -0.321. The summed E-state index contributed by atoms with van der Waals surface area (Å²) in [6.07, 6.45) is 9.37. The molecule has 5 N–H and O–H groups in total. The van der Waals surface area contributed by atoms with E-state index in [1.165, 1.54) is 6.92 Å². The molecule has 0 radical (unpaired) electrons. The second-order valence-corrected chi connectivity index (χ2v) is 18.9. The van der Waals surface area contributed by atoms with Gasteiger partial charge >= 0.3 is 5.97 Å². The molecule has 0 saturated carbocycles. The van der Waals surface area contributed by atoms with Gasteiger partial charge in [0.15, 0.2) is 17.2 Å². The van der Waals surface area contributed by atoms with Crippen LogP contribution in [0.25, 0.3) is 0 Å². The van der Waals surface area contributed by atoms with E-state index >= 15 is 0 Å². The Balaban J connectivity index is 0.920. The van der Waals surface area contributed by atoms with Gasteiger partial charge in [-0.1, -0.05) is 45.1 Å². The maximum Gasteiger partial charge on any atom is 0.335 e. The Hall–Kier alpha value is -1.75. The third kappa shape index (κ3) is 9.15. The molecule has 13 nitrogen and oxygen atoms in total. The van der Waals surface area contributed by atoms with Gasteiger partial charge in [-0.05, 0) is 95.1 Å². The Morgan fingerprint density at radius 1 is 1.00 bits per heavy atom. The fourth-order valence-corrected chi connectivity index (χ4v) is 10.5. The Kier molecular flexibility index (Phi) is 12.9. The predicted molar refractivity (Wildman–Crippen MR) is 208 cm³/mol. The molecule has 0 aliphatic carbocycles. The summed E-state index contributed by atoms with van der Waals surface area (Å²) in [6, 6.07) is 0. The van der Waals surface area contributed by atoms with Crippen LogP contribution in [0, 0.1) is 17.8 Å². The molecular weight excluding hydrogens is 736 g/mol. The monoisotopic (exact) mass is 804 g/mol. The van der Waals surface area contributed by atoms with Crippen LogP contribution in [0.4, 0.5) is 0 Å². The lowest BCUT2D eigenvalue weighted by atomic mass is 9.79. The van der Waals surface area contributed by atoms with Gasteiger partial charge in [-0.15, -0.1) is 0 Å². The van der Waals surface area contributed by atoms with Crippen molar-refractivity contribution >= 4 is 5.97 Å². The number of aliphatic carboxylic acids is 1. The Morgan fingerprint density at radius 2 is 1.75 bits per heavy atom. The number of carboxylic acid groups (broad SMARTS) is 1. The molecule has 0 aromatic heterocycles. The van der Waals surface area contributed by atoms with Gasteiger partial charge in [0.1, 0.15) is 24.4 Å². The fraction of sp³-hybridized carbons (Fsp3) is 0.841. The SMILES string of the molecule is C=C1[C@@H](O)[C@@H]2O[C@]3(CC[C@H](/C=C/[C@@H](C)[C@@H]4CC(C)=C[C@@]5(O[C@H](C[C@@](C)(O)C(=O)O)CC[C@H]5O)O4)O3)CC[C@H]2O[C@@H]1[C@@H](O)C[C@H](C)[C@@H]1O[C@@]2(CCCCO2)CC[C@H]1C. The number of aliphatic hydroxyl groups excluding tert-OH is 3. The molecule has 7 aliphatic rings. The largest absolute Gasteiger partial charge is 0.479 e. The van der Waals surface area contributed by atoms with Crippen LogP contribution < -0.4 is 0 Å². The first-order valence-corrected chi connectivity index (χ1v) is 21.7. The number of hydrogen-bond donors (Lipinski definition) is 5. The summed E-state index contributed by atoms with van der Waals surface area (Å²) in [4.78, 5) is 11.6. The maximum absolute atomic E-state index is 11.6. The van der Waals surface area contributed by atoms with E-state index in [0.717, 1.165) is 50.7 Å². The van der Waals surface area contributed by atoms with Gasteiger partial charge in [-0.25, -0.2) is 4.79 Å². The molecule has 13 heteroatoms. The molecule has 0 unspecified atom stereocenters. The number of hydrogen-bond acceptors (Lipinski definition) is 12. The topological polar surface area (TPSA) is 183 Å². The van der Waals surface area contributed by atoms with Crippen molar-refractivity contribution in [3.63, 3.8) is 0 Å². The zero-order chi connectivity index (χ0) is 40.9. The maximum atomic E-state index is 11.6. The van der Waals surface area contributed by atoms with Crippen molar-refractivity contribution in [3.05, 3.63) is 36.0 Å². The van der Waals surface area contributed by atoms with E-state index in [-0.39, 0.29) is 36.6 Å². The minimum absolute atomic E-state index is 0.0423. The van der Waals surface area contributed by atoms with Gasteiger partial charge in [0.25, 0.3) is 0 Å². The highest BCUT2D eigenvalue weighted by Gasteiger charge is 2.55. The van der Waals surface area contributed by atoms with Crippen LogP contribution in [-0.4, -0.2) is 122 Å². The Bertz CT molecular complexity index is 1510. The van der Waals surface area contributed by atoms with Crippen LogP contribution in [-0.2, 0) is 38.0 Å². The molecule has 6 saturated heterocycles. The zero-order valence-electron chi connectivity index (χ0n) is 34.6. The first-order valence-electron chi connectivity index (χ1n) is 21.7.